The third kappa shape index (κ3) is 4.11. The zero-order chi connectivity index (χ0) is 19.6. The smallest absolute Gasteiger partial charge is 0.324 e. The highest BCUT2D eigenvalue weighted by atomic mass is 35.5. The molecule has 6 nitrogen and oxygen atoms in total. The number of anilines is 1. The second-order valence-electron chi connectivity index (χ2n) is 6.75. The fourth-order valence-corrected chi connectivity index (χ4v) is 3.15. The Labute approximate surface area is 161 Å². The van der Waals surface area contributed by atoms with Crippen molar-refractivity contribution in [3.8, 4) is 0 Å². The Hall–Kier alpha value is -2.86. The average molecular weight is 386 g/mol. The summed E-state index contributed by atoms with van der Waals surface area (Å²) in [7, 11) is 0. The predicted octanol–water partition coefficient (Wildman–Crippen LogP) is 3.11. The fraction of sp³-hybridized carbons (Fsp3) is 0.250. The molecule has 27 heavy (non-hydrogen) atoms. The van der Waals surface area contributed by atoms with Crippen molar-refractivity contribution in [1.29, 1.82) is 0 Å². The molecule has 1 heterocycles. The Kier molecular flexibility index (Phi) is 5.46. The van der Waals surface area contributed by atoms with Crippen molar-refractivity contribution in [2.45, 2.75) is 26.9 Å². The van der Waals surface area contributed by atoms with Crippen LogP contribution in [0.4, 0.5) is 5.69 Å². The van der Waals surface area contributed by atoms with Gasteiger partial charge < -0.3 is 5.32 Å². The molecule has 3 aromatic rings. The second kappa shape index (κ2) is 7.80. The number of nitrogens with one attached hydrogen (secondary N) is 1. The molecule has 1 amide bonds. The first-order valence-corrected chi connectivity index (χ1v) is 9.02. The first kappa shape index (κ1) is 18.9. The number of amides is 1. The van der Waals surface area contributed by atoms with Crippen molar-refractivity contribution < 1.29 is 4.79 Å². The summed E-state index contributed by atoms with van der Waals surface area (Å²) in [4.78, 5) is 38.1. The highest BCUT2D eigenvalue weighted by molar-refractivity contribution is 6.30. The summed E-state index contributed by atoms with van der Waals surface area (Å²) in [5.74, 6) is -0.260. The van der Waals surface area contributed by atoms with Crippen LogP contribution >= 0.6 is 11.6 Å². The Morgan fingerprint density at radius 1 is 1.07 bits per heavy atom. The standard InChI is InChI=1S/C20H20ClN3O3/c1-13(2)11-24-19(26)16-8-3-4-9-17(16)23(20(24)27)12-18(25)22-15-7-5-6-14(21)10-15/h3-10,13H,11-12H2,1-2H3,(H,22,25). The van der Waals surface area contributed by atoms with Crippen molar-refractivity contribution in [2.75, 3.05) is 5.32 Å². The minimum atomic E-state index is -0.492. The Balaban J connectivity index is 2.03. The maximum absolute atomic E-state index is 12.9. The first-order chi connectivity index (χ1) is 12.9. The van der Waals surface area contributed by atoms with Gasteiger partial charge in [0.05, 0.1) is 10.9 Å². The highest BCUT2D eigenvalue weighted by Crippen LogP contribution is 2.15. The molecule has 0 spiro atoms. The molecule has 7 heteroatoms. The largest absolute Gasteiger partial charge is 0.331 e. The van der Waals surface area contributed by atoms with E-state index in [4.69, 9.17) is 11.6 Å². The predicted molar refractivity (Wildman–Crippen MR) is 107 cm³/mol. The molecule has 0 unspecified atom stereocenters. The lowest BCUT2D eigenvalue weighted by Crippen LogP contribution is -2.42. The van der Waals surface area contributed by atoms with Crippen LogP contribution in [0.25, 0.3) is 10.9 Å². The number of hydrogen-bond acceptors (Lipinski definition) is 3. The quantitative estimate of drug-likeness (QED) is 0.733. The topological polar surface area (TPSA) is 73.1 Å². The number of rotatable bonds is 5. The zero-order valence-electron chi connectivity index (χ0n) is 15.1. The summed E-state index contributed by atoms with van der Waals surface area (Å²) in [5.41, 5.74) is 0.151. The van der Waals surface area contributed by atoms with E-state index in [1.807, 2.05) is 13.8 Å². The van der Waals surface area contributed by atoms with Crippen molar-refractivity contribution in [2.24, 2.45) is 5.92 Å². The number of carbonyl (C=O) groups excluding carboxylic acids is 1. The number of nitrogens with zero attached hydrogens (tertiary/aromatic N) is 2. The van der Waals surface area contributed by atoms with Crippen molar-refractivity contribution in [1.82, 2.24) is 9.13 Å². The van der Waals surface area contributed by atoms with Crippen LogP contribution in [0.5, 0.6) is 0 Å². The van der Waals surface area contributed by atoms with E-state index in [2.05, 4.69) is 5.32 Å². The summed E-state index contributed by atoms with van der Waals surface area (Å²) in [6, 6.07) is 13.6. The molecule has 2 aromatic carbocycles. The third-order valence-electron chi connectivity index (χ3n) is 4.09. The van der Waals surface area contributed by atoms with Crippen LogP contribution in [0, 0.1) is 5.92 Å². The van der Waals surface area contributed by atoms with Gasteiger partial charge in [-0.3, -0.25) is 18.7 Å². The molecule has 3 rings (SSSR count). The lowest BCUT2D eigenvalue weighted by Gasteiger charge is -2.15. The van der Waals surface area contributed by atoms with E-state index < -0.39 is 5.69 Å². The average Bonchev–Trinajstić information content (AvgIpc) is 2.62. The molecule has 0 radical (unpaired) electrons. The van der Waals surface area contributed by atoms with E-state index in [-0.39, 0.29) is 23.9 Å². The normalized spacial score (nSPS) is 11.1. The molecular formula is C20H20ClN3O3. The van der Waals surface area contributed by atoms with Crippen LogP contribution in [0.3, 0.4) is 0 Å². The van der Waals surface area contributed by atoms with E-state index in [9.17, 15) is 14.4 Å². The van der Waals surface area contributed by atoms with Crippen LogP contribution in [0.15, 0.2) is 58.1 Å². The maximum atomic E-state index is 12.9. The van der Waals surface area contributed by atoms with Crippen molar-refractivity contribution in [3.63, 3.8) is 0 Å². The highest BCUT2D eigenvalue weighted by Gasteiger charge is 2.16. The van der Waals surface area contributed by atoms with Gasteiger partial charge in [-0.25, -0.2) is 4.79 Å². The van der Waals surface area contributed by atoms with Gasteiger partial charge in [0.1, 0.15) is 6.54 Å². The lowest BCUT2D eigenvalue weighted by atomic mass is 10.2. The number of halogens is 1. The van der Waals surface area contributed by atoms with Crippen LogP contribution in [-0.2, 0) is 17.9 Å². The Bertz CT molecular complexity index is 1120. The zero-order valence-corrected chi connectivity index (χ0v) is 15.9. The van der Waals surface area contributed by atoms with Crippen LogP contribution in [0.2, 0.25) is 5.02 Å². The number of para-hydroxylation sites is 1. The summed E-state index contributed by atoms with van der Waals surface area (Å²) in [6.07, 6.45) is 0. The van der Waals surface area contributed by atoms with Crippen LogP contribution < -0.4 is 16.6 Å². The van der Waals surface area contributed by atoms with Gasteiger partial charge in [-0.05, 0) is 36.2 Å². The Morgan fingerprint density at radius 2 is 1.81 bits per heavy atom. The molecule has 0 aliphatic rings. The van der Waals surface area contributed by atoms with E-state index in [1.54, 1.807) is 48.5 Å². The summed E-state index contributed by atoms with van der Waals surface area (Å²) >= 11 is 5.93. The van der Waals surface area contributed by atoms with Crippen LogP contribution in [0.1, 0.15) is 13.8 Å². The number of carbonyl (C=O) groups is 1. The molecule has 0 saturated heterocycles. The molecule has 140 valence electrons. The molecular weight excluding hydrogens is 366 g/mol. The summed E-state index contributed by atoms with van der Waals surface area (Å²) in [5, 5.41) is 3.64. The van der Waals surface area contributed by atoms with Crippen LogP contribution in [-0.4, -0.2) is 15.0 Å². The van der Waals surface area contributed by atoms with Gasteiger partial charge in [0, 0.05) is 17.3 Å². The van der Waals surface area contributed by atoms with E-state index in [1.165, 1.54) is 9.13 Å². The fourth-order valence-electron chi connectivity index (χ4n) is 2.96. The van der Waals surface area contributed by atoms with Gasteiger partial charge in [-0.1, -0.05) is 43.6 Å². The van der Waals surface area contributed by atoms with Gasteiger partial charge in [-0.2, -0.15) is 0 Å². The number of benzene rings is 2. The molecule has 1 N–H and O–H groups in total. The summed E-state index contributed by atoms with van der Waals surface area (Å²) in [6.45, 7) is 3.94. The Morgan fingerprint density at radius 3 is 2.52 bits per heavy atom. The third-order valence-corrected chi connectivity index (χ3v) is 4.33. The number of aromatic nitrogens is 2. The number of hydrogen-bond donors (Lipinski definition) is 1. The minimum absolute atomic E-state index is 0.116. The molecule has 0 fully saturated rings. The first-order valence-electron chi connectivity index (χ1n) is 8.64. The molecule has 1 aromatic heterocycles. The molecule has 0 saturated carbocycles. The molecule has 0 atom stereocenters. The summed E-state index contributed by atoms with van der Waals surface area (Å²) < 4.78 is 2.53. The number of fused-ring (bicyclic) bond motifs is 1. The lowest BCUT2D eigenvalue weighted by molar-refractivity contribution is -0.116. The van der Waals surface area contributed by atoms with Gasteiger partial charge in [-0.15, -0.1) is 0 Å². The molecule has 0 aliphatic heterocycles. The molecule has 0 bridgehead atoms. The SMILES string of the molecule is CC(C)Cn1c(=O)c2ccccc2n(CC(=O)Nc2cccc(Cl)c2)c1=O. The van der Waals surface area contributed by atoms with E-state index in [0.717, 1.165) is 0 Å². The minimum Gasteiger partial charge on any atom is -0.324 e. The monoisotopic (exact) mass is 385 g/mol. The van der Waals surface area contributed by atoms with Gasteiger partial charge in [0.2, 0.25) is 5.91 Å². The maximum Gasteiger partial charge on any atom is 0.331 e. The van der Waals surface area contributed by atoms with Crippen molar-refractivity contribution >= 4 is 34.1 Å². The molecule has 0 aliphatic carbocycles. The van der Waals surface area contributed by atoms with Gasteiger partial charge in [0.25, 0.3) is 5.56 Å². The second-order valence-corrected chi connectivity index (χ2v) is 7.19. The van der Waals surface area contributed by atoms with Gasteiger partial charge >= 0.3 is 5.69 Å². The van der Waals surface area contributed by atoms with Crippen molar-refractivity contribution in [3.05, 3.63) is 74.4 Å². The van der Waals surface area contributed by atoms with Gasteiger partial charge in [0.15, 0.2) is 0 Å². The van der Waals surface area contributed by atoms with E-state index in [0.29, 0.717) is 28.2 Å². The van der Waals surface area contributed by atoms with E-state index >= 15 is 0 Å².